The summed E-state index contributed by atoms with van der Waals surface area (Å²) in [6, 6.07) is 0.0797. The highest BCUT2D eigenvalue weighted by molar-refractivity contribution is 7.88. The van der Waals surface area contributed by atoms with Crippen molar-refractivity contribution in [2.45, 2.75) is 25.3 Å². The molecule has 0 bridgehead atoms. The highest BCUT2D eigenvalue weighted by atomic mass is 32.2. The van der Waals surface area contributed by atoms with Gasteiger partial charge in [-0.25, -0.2) is 13.4 Å². The van der Waals surface area contributed by atoms with E-state index >= 15 is 0 Å². The van der Waals surface area contributed by atoms with Gasteiger partial charge in [0.1, 0.15) is 5.82 Å². The summed E-state index contributed by atoms with van der Waals surface area (Å²) in [6.07, 6.45) is 7.49. The minimum atomic E-state index is -3.07. The molecular weight excluding hydrogens is 226 g/mol. The summed E-state index contributed by atoms with van der Waals surface area (Å²) in [5, 5.41) is 0. The van der Waals surface area contributed by atoms with E-state index in [1.165, 1.54) is 6.26 Å². The second-order valence-corrected chi connectivity index (χ2v) is 6.26. The van der Waals surface area contributed by atoms with Crippen molar-refractivity contribution < 1.29 is 8.42 Å². The van der Waals surface area contributed by atoms with Crippen LogP contribution in [0.25, 0.3) is 0 Å². The van der Waals surface area contributed by atoms with Crippen LogP contribution in [0, 0.1) is 0 Å². The van der Waals surface area contributed by atoms with Gasteiger partial charge in [-0.1, -0.05) is 0 Å². The lowest BCUT2D eigenvalue weighted by atomic mass is 10.1. The summed E-state index contributed by atoms with van der Waals surface area (Å²) in [5.74, 6) is 0.945. The summed E-state index contributed by atoms with van der Waals surface area (Å²) in [7, 11) is -1.14. The highest BCUT2D eigenvalue weighted by Crippen LogP contribution is 2.22. The van der Waals surface area contributed by atoms with Gasteiger partial charge in [0.05, 0.1) is 6.26 Å². The van der Waals surface area contributed by atoms with Crippen molar-refractivity contribution in [3.63, 3.8) is 0 Å². The smallest absolute Gasteiger partial charge is 0.211 e. The first-order chi connectivity index (χ1) is 7.48. The molecule has 0 spiro atoms. The van der Waals surface area contributed by atoms with Gasteiger partial charge in [-0.05, 0) is 12.8 Å². The minimum Gasteiger partial charge on any atom is -0.338 e. The van der Waals surface area contributed by atoms with E-state index in [2.05, 4.69) is 4.98 Å². The van der Waals surface area contributed by atoms with Gasteiger partial charge in [0.15, 0.2) is 0 Å². The number of imidazole rings is 1. The minimum absolute atomic E-state index is 0.0797. The zero-order valence-electron chi connectivity index (χ0n) is 9.63. The first kappa shape index (κ1) is 11.6. The number of rotatable bonds is 3. The normalized spacial score (nSPS) is 22.8. The van der Waals surface area contributed by atoms with Crippen LogP contribution in [0.5, 0.6) is 0 Å². The Morgan fingerprint density at radius 2 is 2.31 bits per heavy atom. The standard InChI is InChI=1S/C10H17N3O2S/c1-12-7-5-11-10(12)8-9-4-3-6-13(9)16(2,14)15/h5,7,9H,3-4,6,8H2,1-2H3. The topological polar surface area (TPSA) is 55.2 Å². The molecule has 1 saturated heterocycles. The van der Waals surface area contributed by atoms with Crippen molar-refractivity contribution >= 4 is 10.0 Å². The van der Waals surface area contributed by atoms with E-state index in [1.54, 1.807) is 10.5 Å². The number of sulfonamides is 1. The van der Waals surface area contributed by atoms with Gasteiger partial charge in [0.25, 0.3) is 0 Å². The molecule has 16 heavy (non-hydrogen) atoms. The molecule has 0 amide bonds. The van der Waals surface area contributed by atoms with Crippen LogP contribution in [0.3, 0.4) is 0 Å². The Morgan fingerprint density at radius 3 is 2.88 bits per heavy atom. The van der Waals surface area contributed by atoms with Crippen molar-refractivity contribution in [1.82, 2.24) is 13.9 Å². The van der Waals surface area contributed by atoms with Gasteiger partial charge in [0.2, 0.25) is 10.0 Å². The molecule has 1 fully saturated rings. The zero-order chi connectivity index (χ0) is 11.8. The molecule has 0 radical (unpaired) electrons. The van der Waals surface area contributed by atoms with Gasteiger partial charge in [-0.15, -0.1) is 0 Å². The Kier molecular flexibility index (Phi) is 3.03. The average molecular weight is 243 g/mol. The Balaban J connectivity index is 2.13. The van der Waals surface area contributed by atoms with Crippen LogP contribution in [0.1, 0.15) is 18.7 Å². The van der Waals surface area contributed by atoms with Gasteiger partial charge in [-0.3, -0.25) is 0 Å². The Hall–Kier alpha value is -0.880. The average Bonchev–Trinajstić information content (AvgIpc) is 2.76. The molecule has 1 aliphatic heterocycles. The lowest BCUT2D eigenvalue weighted by molar-refractivity contribution is 0.382. The van der Waals surface area contributed by atoms with Crippen molar-refractivity contribution in [2.75, 3.05) is 12.8 Å². The van der Waals surface area contributed by atoms with Crippen molar-refractivity contribution in [1.29, 1.82) is 0 Å². The summed E-state index contributed by atoms with van der Waals surface area (Å²) < 4.78 is 26.7. The molecule has 6 heteroatoms. The number of aromatic nitrogens is 2. The SMILES string of the molecule is Cn1ccnc1CC1CCCN1S(C)(=O)=O. The third-order valence-electron chi connectivity index (χ3n) is 3.09. The van der Waals surface area contributed by atoms with Crippen molar-refractivity contribution in [3.8, 4) is 0 Å². The fraction of sp³-hybridized carbons (Fsp3) is 0.700. The van der Waals surface area contributed by atoms with Gasteiger partial charge in [-0.2, -0.15) is 4.31 Å². The van der Waals surface area contributed by atoms with Crippen LogP contribution < -0.4 is 0 Å². The maximum atomic E-state index is 11.6. The highest BCUT2D eigenvalue weighted by Gasteiger charge is 2.31. The monoisotopic (exact) mass is 243 g/mol. The quantitative estimate of drug-likeness (QED) is 0.771. The second kappa shape index (κ2) is 4.18. The van der Waals surface area contributed by atoms with Crippen LogP contribution in [0.4, 0.5) is 0 Å². The van der Waals surface area contributed by atoms with Gasteiger partial charge >= 0.3 is 0 Å². The Morgan fingerprint density at radius 1 is 1.56 bits per heavy atom. The Bertz CT molecular complexity index is 466. The lowest BCUT2D eigenvalue weighted by Crippen LogP contribution is -2.36. The summed E-state index contributed by atoms with van der Waals surface area (Å²) >= 11 is 0. The molecular formula is C10H17N3O2S. The fourth-order valence-electron chi connectivity index (χ4n) is 2.25. The van der Waals surface area contributed by atoms with Gasteiger partial charge in [0, 0.05) is 38.4 Å². The number of hydrogen-bond donors (Lipinski definition) is 0. The van der Waals surface area contributed by atoms with E-state index in [0.29, 0.717) is 13.0 Å². The molecule has 1 unspecified atom stereocenters. The molecule has 0 saturated carbocycles. The first-order valence-corrected chi connectivity index (χ1v) is 7.26. The molecule has 0 aliphatic carbocycles. The van der Waals surface area contributed by atoms with E-state index in [4.69, 9.17) is 0 Å². The van der Waals surface area contributed by atoms with Crippen LogP contribution in [-0.4, -0.2) is 41.1 Å². The van der Waals surface area contributed by atoms with E-state index in [9.17, 15) is 8.42 Å². The van der Waals surface area contributed by atoms with E-state index in [-0.39, 0.29) is 6.04 Å². The van der Waals surface area contributed by atoms with E-state index in [0.717, 1.165) is 18.7 Å². The van der Waals surface area contributed by atoms with Crippen molar-refractivity contribution in [2.24, 2.45) is 7.05 Å². The predicted octanol–water partition coefficient (Wildman–Crippen LogP) is 0.387. The molecule has 5 nitrogen and oxygen atoms in total. The summed E-state index contributed by atoms with van der Waals surface area (Å²) in [4.78, 5) is 4.24. The zero-order valence-corrected chi connectivity index (χ0v) is 10.4. The number of hydrogen-bond acceptors (Lipinski definition) is 3. The van der Waals surface area contributed by atoms with Crippen LogP contribution >= 0.6 is 0 Å². The summed E-state index contributed by atoms with van der Waals surface area (Å²) in [5.41, 5.74) is 0. The maximum Gasteiger partial charge on any atom is 0.211 e. The third kappa shape index (κ3) is 2.27. The van der Waals surface area contributed by atoms with Crippen LogP contribution in [0.15, 0.2) is 12.4 Å². The third-order valence-corrected chi connectivity index (χ3v) is 4.42. The van der Waals surface area contributed by atoms with E-state index in [1.807, 2.05) is 17.8 Å². The van der Waals surface area contributed by atoms with Crippen LogP contribution in [0.2, 0.25) is 0 Å². The van der Waals surface area contributed by atoms with Gasteiger partial charge < -0.3 is 4.57 Å². The molecule has 0 N–H and O–H groups in total. The molecule has 1 aliphatic rings. The molecule has 2 rings (SSSR count). The van der Waals surface area contributed by atoms with Crippen molar-refractivity contribution in [3.05, 3.63) is 18.2 Å². The maximum absolute atomic E-state index is 11.6. The van der Waals surface area contributed by atoms with Crippen LogP contribution in [-0.2, 0) is 23.5 Å². The number of aryl methyl sites for hydroxylation is 1. The lowest BCUT2D eigenvalue weighted by Gasteiger charge is -2.21. The largest absolute Gasteiger partial charge is 0.338 e. The summed E-state index contributed by atoms with van der Waals surface area (Å²) in [6.45, 7) is 0.647. The molecule has 2 heterocycles. The molecule has 90 valence electrons. The first-order valence-electron chi connectivity index (χ1n) is 5.41. The van der Waals surface area contributed by atoms with E-state index < -0.39 is 10.0 Å². The molecule has 1 atom stereocenters. The molecule has 1 aromatic rings. The predicted molar refractivity (Wildman–Crippen MR) is 61.5 cm³/mol. The fourth-order valence-corrected chi connectivity index (χ4v) is 3.44. The molecule has 0 aromatic carbocycles. The number of nitrogens with zero attached hydrogens (tertiary/aromatic N) is 3. The second-order valence-electron chi connectivity index (χ2n) is 4.33. The molecule has 1 aromatic heterocycles. The Labute approximate surface area is 96.1 Å².